The largest absolute Gasteiger partial charge is 0.458 e. The van der Waals surface area contributed by atoms with Gasteiger partial charge in [0.2, 0.25) is 0 Å². The first-order valence-electron chi connectivity index (χ1n) is 8.11. The van der Waals surface area contributed by atoms with Crippen LogP contribution in [-0.4, -0.2) is 0 Å². The Balaban J connectivity index is 1.47. The molecule has 0 heterocycles. The maximum Gasteiger partial charge on any atom is 0.131 e. The maximum atomic E-state index is 5.99. The van der Waals surface area contributed by atoms with E-state index in [4.69, 9.17) is 9.47 Å². The highest BCUT2D eigenvalue weighted by atomic mass is 16.5. The number of aryl methyl sites for hydroxylation is 1. The van der Waals surface area contributed by atoms with Crippen LogP contribution >= 0.6 is 0 Å². The van der Waals surface area contributed by atoms with Crippen molar-refractivity contribution in [2.24, 2.45) is 17.8 Å². The summed E-state index contributed by atoms with van der Waals surface area (Å²) in [5, 5.41) is 0. The minimum absolute atomic E-state index is 0.655. The number of rotatable bonds is 4. The lowest BCUT2D eigenvalue weighted by atomic mass is 10.2. The van der Waals surface area contributed by atoms with Gasteiger partial charge in [0.25, 0.3) is 0 Å². The fourth-order valence-corrected chi connectivity index (χ4v) is 3.09. The van der Waals surface area contributed by atoms with Gasteiger partial charge >= 0.3 is 0 Å². The van der Waals surface area contributed by atoms with Gasteiger partial charge in [0.1, 0.15) is 23.0 Å². The van der Waals surface area contributed by atoms with Gasteiger partial charge in [-0.25, -0.2) is 0 Å². The van der Waals surface area contributed by atoms with E-state index in [0.717, 1.165) is 34.8 Å². The third kappa shape index (κ3) is 3.02. The van der Waals surface area contributed by atoms with Crippen LogP contribution in [0.4, 0.5) is 0 Å². The summed E-state index contributed by atoms with van der Waals surface area (Å²) in [5.41, 5.74) is 1.22. The summed E-state index contributed by atoms with van der Waals surface area (Å²) in [6, 6.07) is 15.8. The second-order valence-electron chi connectivity index (χ2n) is 6.43. The van der Waals surface area contributed by atoms with E-state index in [1.807, 2.05) is 48.5 Å². The molecule has 3 unspecified atom stereocenters. The number of allylic oxidation sites excluding steroid dienone is 3. The molecule has 0 N–H and O–H groups in total. The van der Waals surface area contributed by atoms with E-state index in [0.29, 0.717) is 5.92 Å². The van der Waals surface area contributed by atoms with Crippen LogP contribution in [0.1, 0.15) is 12.5 Å². The second kappa shape index (κ2) is 5.62. The molecule has 0 aromatic heterocycles. The zero-order chi connectivity index (χ0) is 15.8. The summed E-state index contributed by atoms with van der Waals surface area (Å²) >= 11 is 0. The zero-order valence-corrected chi connectivity index (χ0v) is 13.4. The summed E-state index contributed by atoms with van der Waals surface area (Å²) in [5.74, 6) is 5.48. The quantitative estimate of drug-likeness (QED) is 0.742. The molecule has 23 heavy (non-hydrogen) atoms. The number of benzene rings is 2. The molecule has 4 rings (SSSR count). The van der Waals surface area contributed by atoms with Crippen LogP contribution in [0.5, 0.6) is 17.2 Å². The monoisotopic (exact) mass is 304 g/mol. The van der Waals surface area contributed by atoms with Gasteiger partial charge in [0, 0.05) is 6.07 Å². The number of fused-ring (bicyclic) bond motifs is 1. The van der Waals surface area contributed by atoms with Crippen molar-refractivity contribution >= 4 is 0 Å². The van der Waals surface area contributed by atoms with Crippen LogP contribution in [0, 0.1) is 24.7 Å². The Morgan fingerprint density at radius 1 is 0.826 bits per heavy atom. The minimum Gasteiger partial charge on any atom is -0.458 e. The minimum atomic E-state index is 0.655. The summed E-state index contributed by atoms with van der Waals surface area (Å²) in [6.07, 6.45) is 6.58. The molecule has 2 aromatic carbocycles. The first kappa shape index (κ1) is 14.1. The Kier molecular flexibility index (Phi) is 3.45. The van der Waals surface area contributed by atoms with Gasteiger partial charge in [-0.15, -0.1) is 0 Å². The summed E-state index contributed by atoms with van der Waals surface area (Å²) in [6.45, 7) is 4.35. The van der Waals surface area contributed by atoms with Gasteiger partial charge in [-0.05, 0) is 61.1 Å². The molecule has 2 nitrogen and oxygen atoms in total. The fourth-order valence-electron chi connectivity index (χ4n) is 3.09. The maximum absolute atomic E-state index is 5.99. The first-order chi connectivity index (χ1) is 11.2. The van der Waals surface area contributed by atoms with E-state index in [9.17, 15) is 0 Å². The predicted molar refractivity (Wildman–Crippen MR) is 91.7 cm³/mol. The van der Waals surface area contributed by atoms with E-state index in [2.05, 4.69) is 32.1 Å². The molecule has 0 amide bonds. The molecule has 2 heteroatoms. The van der Waals surface area contributed by atoms with E-state index < -0.39 is 0 Å². The summed E-state index contributed by atoms with van der Waals surface area (Å²) < 4.78 is 11.9. The van der Waals surface area contributed by atoms with E-state index in [1.54, 1.807) is 0 Å². The Hall–Kier alpha value is -2.48. The molecule has 0 saturated heterocycles. The van der Waals surface area contributed by atoms with E-state index in [-0.39, 0.29) is 0 Å². The molecule has 0 bridgehead atoms. The van der Waals surface area contributed by atoms with Crippen molar-refractivity contribution in [3.05, 3.63) is 78.1 Å². The second-order valence-corrected chi connectivity index (χ2v) is 6.43. The molecular weight excluding hydrogens is 284 g/mol. The first-order valence-corrected chi connectivity index (χ1v) is 8.11. The molecule has 0 spiro atoms. The van der Waals surface area contributed by atoms with Crippen molar-refractivity contribution in [3.8, 4) is 17.2 Å². The zero-order valence-electron chi connectivity index (χ0n) is 13.4. The number of hydrogen-bond donors (Lipinski definition) is 0. The molecule has 0 radical (unpaired) electrons. The Morgan fingerprint density at radius 3 is 2.30 bits per heavy atom. The lowest BCUT2D eigenvalue weighted by Crippen LogP contribution is -1.97. The molecule has 116 valence electrons. The van der Waals surface area contributed by atoms with Crippen LogP contribution in [-0.2, 0) is 0 Å². The van der Waals surface area contributed by atoms with E-state index >= 15 is 0 Å². The Morgan fingerprint density at radius 2 is 1.57 bits per heavy atom. The van der Waals surface area contributed by atoms with Gasteiger partial charge < -0.3 is 9.47 Å². The van der Waals surface area contributed by atoms with Crippen molar-refractivity contribution in [1.29, 1.82) is 0 Å². The molecule has 2 aliphatic carbocycles. The van der Waals surface area contributed by atoms with Gasteiger partial charge in [-0.1, -0.05) is 36.8 Å². The molecule has 1 saturated carbocycles. The Bertz CT molecular complexity index is 771. The van der Waals surface area contributed by atoms with Crippen molar-refractivity contribution in [2.75, 3.05) is 0 Å². The Labute approximate surface area is 137 Å². The molecule has 2 aromatic rings. The molecule has 1 fully saturated rings. The third-order valence-corrected chi connectivity index (χ3v) is 4.66. The highest BCUT2D eigenvalue weighted by molar-refractivity contribution is 5.39. The van der Waals surface area contributed by atoms with Gasteiger partial charge in [-0.2, -0.15) is 0 Å². The molecular formula is C21H20O2. The normalized spacial score (nSPS) is 24.6. The van der Waals surface area contributed by atoms with Gasteiger partial charge in [0.05, 0.1) is 0 Å². The standard InChI is InChI=1S/C21H20O2/c1-14-6-8-16(9-7-14)22-17-4-3-5-18(12-17)23-19-10-11-20-15(2)21(20)13-19/h3-13,15,20-21H,1-2H3. The summed E-state index contributed by atoms with van der Waals surface area (Å²) in [7, 11) is 0. The lowest BCUT2D eigenvalue weighted by Gasteiger charge is -2.11. The highest BCUT2D eigenvalue weighted by Gasteiger charge is 2.44. The van der Waals surface area contributed by atoms with Gasteiger partial charge in [-0.3, -0.25) is 0 Å². The topological polar surface area (TPSA) is 18.5 Å². The number of hydrogen-bond acceptors (Lipinski definition) is 2. The van der Waals surface area contributed by atoms with Crippen molar-refractivity contribution < 1.29 is 9.47 Å². The fraction of sp³-hybridized carbons (Fsp3) is 0.238. The van der Waals surface area contributed by atoms with Crippen LogP contribution in [0.25, 0.3) is 0 Å². The summed E-state index contributed by atoms with van der Waals surface area (Å²) in [4.78, 5) is 0. The van der Waals surface area contributed by atoms with Gasteiger partial charge in [0.15, 0.2) is 0 Å². The highest BCUT2D eigenvalue weighted by Crippen LogP contribution is 2.50. The SMILES string of the molecule is Cc1ccc(Oc2cccc(OC3=CC4C(C)C4C=C3)c2)cc1. The molecule has 2 aliphatic rings. The molecule has 3 atom stereocenters. The number of ether oxygens (including phenoxy) is 2. The van der Waals surface area contributed by atoms with Crippen LogP contribution in [0.3, 0.4) is 0 Å². The third-order valence-electron chi connectivity index (χ3n) is 4.66. The van der Waals surface area contributed by atoms with Crippen molar-refractivity contribution in [3.63, 3.8) is 0 Å². The smallest absolute Gasteiger partial charge is 0.131 e. The lowest BCUT2D eigenvalue weighted by molar-refractivity contribution is 0.429. The van der Waals surface area contributed by atoms with Crippen LogP contribution in [0.15, 0.2) is 72.5 Å². The van der Waals surface area contributed by atoms with Crippen molar-refractivity contribution in [1.82, 2.24) is 0 Å². The van der Waals surface area contributed by atoms with Crippen molar-refractivity contribution in [2.45, 2.75) is 13.8 Å². The molecule has 0 aliphatic heterocycles. The predicted octanol–water partition coefficient (Wildman–Crippen LogP) is 5.50. The van der Waals surface area contributed by atoms with E-state index in [1.165, 1.54) is 5.56 Å². The average Bonchev–Trinajstić information content (AvgIpc) is 3.20. The van der Waals surface area contributed by atoms with Crippen LogP contribution in [0.2, 0.25) is 0 Å². The average molecular weight is 304 g/mol. The van der Waals surface area contributed by atoms with Crippen LogP contribution < -0.4 is 9.47 Å².